The van der Waals surface area contributed by atoms with E-state index < -0.39 is 0 Å². The molecule has 2 aromatic rings. The summed E-state index contributed by atoms with van der Waals surface area (Å²) >= 11 is 1.88. The molecule has 0 aromatic carbocycles. The predicted octanol–water partition coefficient (Wildman–Crippen LogP) is 3.19. The zero-order valence-electron chi connectivity index (χ0n) is 11.5. The molecule has 0 fully saturated rings. The van der Waals surface area contributed by atoms with Gasteiger partial charge in [-0.2, -0.15) is 5.10 Å². The van der Waals surface area contributed by atoms with Crippen LogP contribution in [-0.4, -0.2) is 16.3 Å². The van der Waals surface area contributed by atoms with Crippen LogP contribution in [-0.2, 0) is 7.05 Å². The molecule has 2 heterocycles. The van der Waals surface area contributed by atoms with Crippen LogP contribution in [0.15, 0.2) is 18.5 Å². The van der Waals surface area contributed by atoms with Crippen LogP contribution in [0, 0.1) is 13.8 Å². The molecule has 98 valence electrons. The first-order chi connectivity index (χ1) is 8.61. The molecule has 0 saturated heterocycles. The Hall–Kier alpha value is -1.13. The van der Waals surface area contributed by atoms with Crippen LogP contribution in [0.4, 0.5) is 0 Å². The number of rotatable bonds is 5. The highest BCUT2D eigenvalue weighted by Gasteiger charge is 2.17. The lowest BCUT2D eigenvalue weighted by Crippen LogP contribution is -2.22. The Morgan fingerprint density at radius 3 is 2.72 bits per heavy atom. The summed E-state index contributed by atoms with van der Waals surface area (Å²) in [5.41, 5.74) is 2.62. The van der Waals surface area contributed by atoms with E-state index in [2.05, 4.69) is 43.4 Å². The fraction of sp³-hybridized carbons (Fsp3) is 0.500. The van der Waals surface area contributed by atoms with Gasteiger partial charge in [-0.05, 0) is 38.4 Å². The van der Waals surface area contributed by atoms with Crippen molar-refractivity contribution in [3.8, 4) is 0 Å². The van der Waals surface area contributed by atoms with Gasteiger partial charge in [-0.25, -0.2) is 0 Å². The highest BCUT2D eigenvalue weighted by molar-refractivity contribution is 7.12. The highest BCUT2D eigenvalue weighted by Crippen LogP contribution is 2.30. The van der Waals surface area contributed by atoms with E-state index in [0.717, 1.165) is 13.0 Å². The van der Waals surface area contributed by atoms with Crippen molar-refractivity contribution < 1.29 is 0 Å². The van der Waals surface area contributed by atoms with Crippen LogP contribution in [0.5, 0.6) is 0 Å². The second-order valence-electron chi connectivity index (χ2n) is 4.72. The summed E-state index contributed by atoms with van der Waals surface area (Å²) in [4.78, 5) is 2.78. The van der Waals surface area contributed by atoms with E-state index >= 15 is 0 Å². The summed E-state index contributed by atoms with van der Waals surface area (Å²) in [6.45, 7) is 7.58. The van der Waals surface area contributed by atoms with Crippen molar-refractivity contribution in [2.24, 2.45) is 7.05 Å². The normalized spacial score (nSPS) is 12.9. The van der Waals surface area contributed by atoms with E-state index in [-0.39, 0.29) is 6.04 Å². The van der Waals surface area contributed by atoms with Gasteiger partial charge < -0.3 is 5.32 Å². The van der Waals surface area contributed by atoms with Crippen molar-refractivity contribution in [1.29, 1.82) is 0 Å². The predicted molar refractivity (Wildman–Crippen MR) is 77.1 cm³/mol. The summed E-state index contributed by atoms with van der Waals surface area (Å²) in [6, 6.07) is 2.57. The van der Waals surface area contributed by atoms with Gasteiger partial charge in [0.15, 0.2) is 0 Å². The van der Waals surface area contributed by atoms with E-state index in [1.807, 2.05) is 29.3 Å². The molecule has 4 heteroatoms. The van der Waals surface area contributed by atoms with Crippen LogP contribution in [0.1, 0.15) is 40.3 Å². The molecule has 0 spiro atoms. The lowest BCUT2D eigenvalue weighted by molar-refractivity contribution is 0.605. The maximum atomic E-state index is 4.28. The second-order valence-corrected chi connectivity index (χ2v) is 6.01. The monoisotopic (exact) mass is 263 g/mol. The summed E-state index contributed by atoms with van der Waals surface area (Å²) in [7, 11) is 1.96. The third kappa shape index (κ3) is 2.82. The minimum absolute atomic E-state index is 0.274. The standard InChI is InChI=1S/C14H21N3S/c1-5-6-15-14(12-8-16-17(4)9-12)13-7-10(2)11(3)18-13/h7-9,14-15H,5-6H2,1-4H3. The SMILES string of the molecule is CCCNC(c1cnn(C)c1)c1cc(C)c(C)s1. The van der Waals surface area contributed by atoms with Gasteiger partial charge in [-0.1, -0.05) is 6.92 Å². The molecule has 0 amide bonds. The Balaban J connectivity index is 2.30. The van der Waals surface area contributed by atoms with Crippen molar-refractivity contribution in [2.75, 3.05) is 6.54 Å². The van der Waals surface area contributed by atoms with Crippen molar-refractivity contribution in [3.63, 3.8) is 0 Å². The van der Waals surface area contributed by atoms with E-state index in [9.17, 15) is 0 Å². The summed E-state index contributed by atoms with van der Waals surface area (Å²) in [6.07, 6.45) is 5.19. The van der Waals surface area contributed by atoms with Crippen LogP contribution in [0.3, 0.4) is 0 Å². The van der Waals surface area contributed by atoms with E-state index in [4.69, 9.17) is 0 Å². The van der Waals surface area contributed by atoms with Gasteiger partial charge in [-0.15, -0.1) is 11.3 Å². The van der Waals surface area contributed by atoms with Crippen molar-refractivity contribution >= 4 is 11.3 Å². The third-order valence-electron chi connectivity index (χ3n) is 3.13. The number of nitrogens with zero attached hydrogens (tertiary/aromatic N) is 2. The number of hydrogen-bond donors (Lipinski definition) is 1. The van der Waals surface area contributed by atoms with Gasteiger partial charge in [0.25, 0.3) is 0 Å². The molecule has 0 saturated carbocycles. The van der Waals surface area contributed by atoms with Gasteiger partial charge in [0.05, 0.1) is 12.2 Å². The van der Waals surface area contributed by atoms with E-state index in [1.165, 1.54) is 20.9 Å². The Morgan fingerprint density at radius 1 is 1.44 bits per heavy atom. The second kappa shape index (κ2) is 5.67. The highest BCUT2D eigenvalue weighted by atomic mass is 32.1. The van der Waals surface area contributed by atoms with Crippen LogP contribution in [0.25, 0.3) is 0 Å². The lowest BCUT2D eigenvalue weighted by Gasteiger charge is -2.15. The largest absolute Gasteiger partial charge is 0.306 e. The van der Waals surface area contributed by atoms with Gasteiger partial charge >= 0.3 is 0 Å². The fourth-order valence-corrected chi connectivity index (χ4v) is 3.15. The molecular formula is C14H21N3S. The number of nitrogens with one attached hydrogen (secondary N) is 1. The molecular weight excluding hydrogens is 242 g/mol. The van der Waals surface area contributed by atoms with Gasteiger partial charge in [0, 0.05) is 28.6 Å². The Bertz CT molecular complexity index is 493. The van der Waals surface area contributed by atoms with Gasteiger partial charge in [0.2, 0.25) is 0 Å². The molecule has 18 heavy (non-hydrogen) atoms. The van der Waals surface area contributed by atoms with E-state index in [0.29, 0.717) is 0 Å². The maximum absolute atomic E-state index is 4.28. The first-order valence-corrected chi connectivity index (χ1v) is 7.22. The zero-order chi connectivity index (χ0) is 13.1. The fourth-order valence-electron chi connectivity index (χ4n) is 2.00. The number of hydrogen-bond acceptors (Lipinski definition) is 3. The molecule has 2 rings (SSSR count). The number of aryl methyl sites for hydroxylation is 3. The minimum atomic E-state index is 0.274. The average molecular weight is 263 g/mol. The molecule has 3 nitrogen and oxygen atoms in total. The first-order valence-electron chi connectivity index (χ1n) is 6.40. The van der Waals surface area contributed by atoms with Crippen molar-refractivity contribution in [1.82, 2.24) is 15.1 Å². The van der Waals surface area contributed by atoms with Crippen LogP contribution < -0.4 is 5.32 Å². The Morgan fingerprint density at radius 2 is 2.22 bits per heavy atom. The van der Waals surface area contributed by atoms with Crippen molar-refractivity contribution in [2.45, 2.75) is 33.2 Å². The molecule has 1 atom stereocenters. The van der Waals surface area contributed by atoms with Crippen LogP contribution >= 0.6 is 11.3 Å². The first kappa shape index (κ1) is 13.3. The zero-order valence-corrected chi connectivity index (χ0v) is 12.3. The molecule has 0 bridgehead atoms. The quantitative estimate of drug-likeness (QED) is 0.898. The lowest BCUT2D eigenvalue weighted by atomic mass is 10.1. The smallest absolute Gasteiger partial charge is 0.0702 e. The Labute approximate surface area is 113 Å². The summed E-state index contributed by atoms with van der Waals surface area (Å²) in [5, 5.41) is 7.89. The van der Waals surface area contributed by atoms with Crippen molar-refractivity contribution in [3.05, 3.63) is 39.3 Å². The number of thiophene rings is 1. The average Bonchev–Trinajstić information content (AvgIpc) is 2.88. The summed E-state index contributed by atoms with van der Waals surface area (Å²) in [5.74, 6) is 0. The third-order valence-corrected chi connectivity index (χ3v) is 4.34. The number of aromatic nitrogens is 2. The molecule has 2 aromatic heterocycles. The maximum Gasteiger partial charge on any atom is 0.0702 e. The van der Waals surface area contributed by atoms with Gasteiger partial charge in [0.1, 0.15) is 0 Å². The minimum Gasteiger partial charge on any atom is -0.306 e. The summed E-state index contributed by atoms with van der Waals surface area (Å²) < 4.78 is 1.86. The molecule has 0 radical (unpaired) electrons. The van der Waals surface area contributed by atoms with Crippen LogP contribution in [0.2, 0.25) is 0 Å². The molecule has 0 aliphatic heterocycles. The topological polar surface area (TPSA) is 29.9 Å². The Kier molecular flexibility index (Phi) is 4.19. The van der Waals surface area contributed by atoms with Gasteiger partial charge in [-0.3, -0.25) is 4.68 Å². The van der Waals surface area contributed by atoms with E-state index in [1.54, 1.807) is 0 Å². The molecule has 1 N–H and O–H groups in total. The molecule has 0 aliphatic rings. The molecule has 0 aliphatic carbocycles. The molecule has 1 unspecified atom stereocenters.